The molecule has 9 nitrogen and oxygen atoms in total. The summed E-state index contributed by atoms with van der Waals surface area (Å²) in [5, 5.41) is 16.3. The maximum absolute atomic E-state index is 12.5. The van der Waals surface area contributed by atoms with E-state index in [2.05, 4.69) is 22.5 Å². The maximum atomic E-state index is 12.5. The predicted molar refractivity (Wildman–Crippen MR) is 125 cm³/mol. The molecule has 3 rings (SSSR count). The number of benzene rings is 2. The summed E-state index contributed by atoms with van der Waals surface area (Å²) in [4.78, 5) is 47.7. The Kier molecular flexibility index (Phi) is 8.39. The first-order chi connectivity index (χ1) is 16.4. The Bertz CT molecular complexity index is 1040. The van der Waals surface area contributed by atoms with Crippen LogP contribution in [0.1, 0.15) is 29.9 Å². The molecular weight excluding hydrogens is 438 g/mol. The number of alkyl carbamates (subject to hydrolysis) is 1. The monoisotopic (exact) mass is 465 g/mol. The van der Waals surface area contributed by atoms with Crippen molar-refractivity contribution in [1.29, 1.82) is 0 Å². The SMILES string of the molecule is C=CCNC(=O)CNC(=O)C(CCC(=O)O)NC(=O)OCC1c2ccccc2-c2ccccc21. The van der Waals surface area contributed by atoms with Crippen molar-refractivity contribution in [3.63, 3.8) is 0 Å². The van der Waals surface area contributed by atoms with Crippen LogP contribution < -0.4 is 16.0 Å². The molecule has 0 saturated carbocycles. The normalized spacial score (nSPS) is 12.6. The van der Waals surface area contributed by atoms with E-state index in [4.69, 9.17) is 9.84 Å². The van der Waals surface area contributed by atoms with Crippen LogP contribution in [0.2, 0.25) is 0 Å². The zero-order chi connectivity index (χ0) is 24.5. The number of carbonyl (C=O) groups is 4. The van der Waals surface area contributed by atoms with Gasteiger partial charge in [-0.1, -0.05) is 54.6 Å². The van der Waals surface area contributed by atoms with Gasteiger partial charge in [0.2, 0.25) is 11.8 Å². The van der Waals surface area contributed by atoms with Crippen molar-refractivity contribution in [3.8, 4) is 11.1 Å². The standard InChI is InChI=1S/C25H27N3O6/c1-2-13-26-22(29)14-27-24(32)21(11-12-23(30)31)28-25(33)34-15-20-18-9-5-3-7-16(18)17-8-4-6-10-19(17)20/h2-10,20-21H,1,11-15H2,(H,26,29)(H,27,32)(H,28,33)(H,30,31). The van der Waals surface area contributed by atoms with Crippen LogP contribution >= 0.6 is 0 Å². The molecule has 0 fully saturated rings. The van der Waals surface area contributed by atoms with Gasteiger partial charge in [0, 0.05) is 18.9 Å². The minimum Gasteiger partial charge on any atom is -0.481 e. The van der Waals surface area contributed by atoms with Crippen LogP contribution in [0, 0.1) is 0 Å². The van der Waals surface area contributed by atoms with E-state index >= 15 is 0 Å². The predicted octanol–water partition coefficient (Wildman–Crippen LogP) is 2.18. The molecule has 34 heavy (non-hydrogen) atoms. The Morgan fingerprint density at radius 2 is 1.62 bits per heavy atom. The van der Waals surface area contributed by atoms with Crippen molar-refractivity contribution in [1.82, 2.24) is 16.0 Å². The van der Waals surface area contributed by atoms with Crippen molar-refractivity contribution in [2.75, 3.05) is 19.7 Å². The number of fused-ring (bicyclic) bond motifs is 3. The fourth-order valence-electron chi connectivity index (χ4n) is 3.86. The van der Waals surface area contributed by atoms with E-state index in [0.717, 1.165) is 22.3 Å². The molecule has 2 aromatic carbocycles. The molecule has 1 unspecified atom stereocenters. The molecule has 0 radical (unpaired) electrons. The molecule has 0 bridgehead atoms. The van der Waals surface area contributed by atoms with Gasteiger partial charge in [-0.3, -0.25) is 14.4 Å². The summed E-state index contributed by atoms with van der Waals surface area (Å²) in [6.07, 6.45) is 0.154. The van der Waals surface area contributed by atoms with E-state index in [-0.39, 0.29) is 38.5 Å². The largest absolute Gasteiger partial charge is 0.481 e. The highest BCUT2D eigenvalue weighted by Crippen LogP contribution is 2.44. The number of ether oxygens (including phenoxy) is 1. The lowest BCUT2D eigenvalue weighted by Gasteiger charge is -2.19. The second-order valence-corrected chi connectivity index (χ2v) is 7.77. The lowest BCUT2D eigenvalue weighted by molar-refractivity contribution is -0.137. The van der Waals surface area contributed by atoms with Gasteiger partial charge < -0.3 is 25.8 Å². The molecule has 0 aliphatic heterocycles. The van der Waals surface area contributed by atoms with Crippen LogP contribution in [0.15, 0.2) is 61.2 Å². The minimum atomic E-state index is -1.17. The van der Waals surface area contributed by atoms with Crippen LogP contribution in [-0.2, 0) is 19.1 Å². The minimum absolute atomic E-state index is 0.0527. The molecule has 4 N–H and O–H groups in total. The van der Waals surface area contributed by atoms with Crippen molar-refractivity contribution in [3.05, 3.63) is 72.3 Å². The second kappa shape index (κ2) is 11.6. The van der Waals surface area contributed by atoms with Gasteiger partial charge in [0.05, 0.1) is 6.54 Å². The van der Waals surface area contributed by atoms with Gasteiger partial charge in [-0.25, -0.2) is 4.79 Å². The Labute approximate surface area is 197 Å². The summed E-state index contributed by atoms with van der Waals surface area (Å²) < 4.78 is 5.44. The molecule has 1 atom stereocenters. The number of aliphatic carboxylic acids is 1. The number of hydrogen-bond donors (Lipinski definition) is 4. The van der Waals surface area contributed by atoms with E-state index in [9.17, 15) is 19.2 Å². The molecule has 1 aliphatic carbocycles. The first-order valence-electron chi connectivity index (χ1n) is 10.9. The third-order valence-electron chi connectivity index (χ3n) is 5.47. The third-order valence-corrected chi connectivity index (χ3v) is 5.47. The molecule has 1 aliphatic rings. The van der Waals surface area contributed by atoms with Crippen LogP contribution in [-0.4, -0.2) is 54.7 Å². The second-order valence-electron chi connectivity index (χ2n) is 7.77. The molecule has 0 heterocycles. The lowest BCUT2D eigenvalue weighted by atomic mass is 9.98. The molecule has 0 aromatic heterocycles. The summed E-state index contributed by atoms with van der Waals surface area (Å²) in [5.74, 6) is -2.39. The number of hydrogen-bond acceptors (Lipinski definition) is 5. The quantitative estimate of drug-likeness (QED) is 0.376. The Morgan fingerprint density at radius 3 is 2.21 bits per heavy atom. The molecule has 0 saturated heterocycles. The summed E-state index contributed by atoms with van der Waals surface area (Å²) in [5.41, 5.74) is 4.26. The van der Waals surface area contributed by atoms with Crippen LogP contribution in [0.25, 0.3) is 11.1 Å². The Hall–Kier alpha value is -4.14. The average molecular weight is 466 g/mol. The fraction of sp³-hybridized carbons (Fsp3) is 0.280. The van der Waals surface area contributed by atoms with Gasteiger partial charge in [0.25, 0.3) is 0 Å². The van der Waals surface area contributed by atoms with E-state index in [1.807, 2.05) is 48.5 Å². The van der Waals surface area contributed by atoms with Crippen LogP contribution in [0.4, 0.5) is 4.79 Å². The Balaban J connectivity index is 1.61. The van der Waals surface area contributed by atoms with Gasteiger partial charge >= 0.3 is 12.1 Å². The van der Waals surface area contributed by atoms with Crippen molar-refractivity contribution < 1.29 is 29.0 Å². The van der Waals surface area contributed by atoms with Gasteiger partial charge in [-0.2, -0.15) is 0 Å². The fourth-order valence-corrected chi connectivity index (χ4v) is 3.86. The number of nitrogens with one attached hydrogen (secondary N) is 3. The molecular formula is C25H27N3O6. The van der Waals surface area contributed by atoms with Gasteiger partial charge in [0.15, 0.2) is 0 Å². The van der Waals surface area contributed by atoms with E-state index < -0.39 is 29.9 Å². The lowest BCUT2D eigenvalue weighted by Crippen LogP contribution is -2.49. The van der Waals surface area contributed by atoms with Crippen molar-refractivity contribution in [2.45, 2.75) is 24.8 Å². The van der Waals surface area contributed by atoms with E-state index in [1.54, 1.807) is 0 Å². The van der Waals surface area contributed by atoms with Crippen LogP contribution in [0.5, 0.6) is 0 Å². The summed E-state index contributed by atoms with van der Waals surface area (Å²) in [7, 11) is 0. The van der Waals surface area contributed by atoms with E-state index in [0.29, 0.717) is 0 Å². The highest BCUT2D eigenvalue weighted by molar-refractivity contribution is 5.89. The zero-order valence-corrected chi connectivity index (χ0v) is 18.6. The zero-order valence-electron chi connectivity index (χ0n) is 18.6. The van der Waals surface area contributed by atoms with Gasteiger partial charge in [-0.15, -0.1) is 6.58 Å². The summed E-state index contributed by atoms with van der Waals surface area (Å²) in [6, 6.07) is 14.6. The number of amides is 3. The number of carboxylic acid groups (broad SMARTS) is 1. The molecule has 178 valence electrons. The molecule has 3 amide bonds. The first-order valence-corrected chi connectivity index (χ1v) is 10.9. The van der Waals surface area contributed by atoms with Crippen LogP contribution in [0.3, 0.4) is 0 Å². The summed E-state index contributed by atoms with van der Waals surface area (Å²) in [6.45, 7) is 3.46. The highest BCUT2D eigenvalue weighted by Gasteiger charge is 2.30. The highest BCUT2D eigenvalue weighted by atomic mass is 16.5. The maximum Gasteiger partial charge on any atom is 0.407 e. The van der Waals surface area contributed by atoms with E-state index in [1.165, 1.54) is 6.08 Å². The third kappa shape index (κ3) is 6.22. The number of carboxylic acids is 1. The van der Waals surface area contributed by atoms with Crippen molar-refractivity contribution in [2.24, 2.45) is 0 Å². The number of carbonyl (C=O) groups excluding carboxylic acids is 3. The topological polar surface area (TPSA) is 134 Å². The smallest absolute Gasteiger partial charge is 0.407 e. The number of rotatable bonds is 11. The molecule has 0 spiro atoms. The Morgan fingerprint density at radius 1 is 1.00 bits per heavy atom. The van der Waals surface area contributed by atoms with Gasteiger partial charge in [0.1, 0.15) is 12.6 Å². The average Bonchev–Trinajstić information content (AvgIpc) is 3.16. The summed E-state index contributed by atoms with van der Waals surface area (Å²) >= 11 is 0. The molecule has 2 aromatic rings. The molecule has 9 heteroatoms. The first kappa shape index (κ1) is 24.5. The van der Waals surface area contributed by atoms with Crippen molar-refractivity contribution >= 4 is 23.9 Å². The van der Waals surface area contributed by atoms with Gasteiger partial charge in [-0.05, 0) is 28.7 Å².